The van der Waals surface area contributed by atoms with Crippen molar-refractivity contribution in [1.82, 2.24) is 0 Å². The lowest BCUT2D eigenvalue weighted by atomic mass is 9.46. The van der Waals surface area contributed by atoms with Crippen molar-refractivity contribution in [2.24, 2.45) is 28.6 Å². The average Bonchev–Trinajstić information content (AvgIpc) is 3.49. The molecule has 32 heavy (non-hydrogen) atoms. The van der Waals surface area contributed by atoms with Gasteiger partial charge in [-0.25, -0.2) is 0 Å². The van der Waals surface area contributed by atoms with Crippen LogP contribution in [0.15, 0.2) is 11.6 Å². The van der Waals surface area contributed by atoms with Gasteiger partial charge in [-0.05, 0) is 42.9 Å². The monoisotopic (exact) mass is 448 g/mol. The van der Waals surface area contributed by atoms with Gasteiger partial charge in [0.25, 0.3) is 0 Å². The van der Waals surface area contributed by atoms with E-state index in [2.05, 4.69) is 13.0 Å². The van der Waals surface area contributed by atoms with Gasteiger partial charge < -0.3 is 29.2 Å². The molecule has 7 nitrogen and oxygen atoms in total. The predicted octanol–water partition coefficient (Wildman–Crippen LogP) is 2.34. The Hall–Kier alpha value is -0.830. The van der Waals surface area contributed by atoms with Crippen molar-refractivity contribution in [3.63, 3.8) is 0 Å². The van der Waals surface area contributed by atoms with E-state index in [1.807, 2.05) is 6.92 Å². The number of rotatable bonds is 2. The predicted molar refractivity (Wildman–Crippen MR) is 113 cm³/mol. The molecule has 2 N–H and O–H groups in total. The number of Topliss-reactive ketones (excluding diaryl/α,β-unsaturated/α-hetero) is 1. The summed E-state index contributed by atoms with van der Waals surface area (Å²) >= 11 is 0. The van der Waals surface area contributed by atoms with Crippen LogP contribution in [0.4, 0.5) is 0 Å². The highest BCUT2D eigenvalue weighted by molar-refractivity contribution is 5.85. The first-order chi connectivity index (χ1) is 15.2. The van der Waals surface area contributed by atoms with E-state index in [0.29, 0.717) is 39.3 Å². The summed E-state index contributed by atoms with van der Waals surface area (Å²) in [4.78, 5) is 13.9. The summed E-state index contributed by atoms with van der Waals surface area (Å²) in [5, 5.41) is 22.2. The minimum atomic E-state index is -1.43. The molecule has 4 aliphatic carbocycles. The Morgan fingerprint density at radius 2 is 1.69 bits per heavy atom. The number of aliphatic hydroxyl groups excluding tert-OH is 1. The summed E-state index contributed by atoms with van der Waals surface area (Å²) < 4.78 is 23.7. The second-order valence-electron chi connectivity index (χ2n) is 11.5. The average molecular weight is 449 g/mol. The van der Waals surface area contributed by atoms with Gasteiger partial charge in [0.15, 0.2) is 5.79 Å². The summed E-state index contributed by atoms with van der Waals surface area (Å²) in [6, 6.07) is 0. The van der Waals surface area contributed by atoms with Crippen molar-refractivity contribution in [1.29, 1.82) is 0 Å². The van der Waals surface area contributed by atoms with E-state index >= 15 is 0 Å². The molecule has 0 aromatic carbocycles. The van der Waals surface area contributed by atoms with E-state index in [0.717, 1.165) is 32.1 Å². The number of hydrogen-bond acceptors (Lipinski definition) is 7. The summed E-state index contributed by atoms with van der Waals surface area (Å²) in [5.74, 6) is -1.38. The molecular weight excluding hydrogens is 412 g/mol. The molecule has 2 heterocycles. The van der Waals surface area contributed by atoms with Gasteiger partial charge >= 0.3 is 0 Å². The molecule has 6 rings (SSSR count). The maximum absolute atomic E-state index is 13.9. The van der Waals surface area contributed by atoms with Crippen LogP contribution in [0.2, 0.25) is 0 Å². The Morgan fingerprint density at radius 3 is 2.38 bits per heavy atom. The van der Waals surface area contributed by atoms with E-state index in [1.54, 1.807) is 0 Å². The molecule has 0 aromatic rings. The molecule has 7 heteroatoms. The second-order valence-corrected chi connectivity index (χ2v) is 11.5. The Balaban J connectivity index is 1.36. The molecule has 0 aromatic heterocycles. The molecule has 0 radical (unpaired) electrons. The van der Waals surface area contributed by atoms with Gasteiger partial charge in [0, 0.05) is 30.6 Å². The lowest BCUT2D eigenvalue weighted by molar-refractivity contribution is -0.317. The van der Waals surface area contributed by atoms with Crippen molar-refractivity contribution in [2.45, 2.75) is 76.0 Å². The summed E-state index contributed by atoms with van der Waals surface area (Å²) in [6.07, 6.45) is 7.21. The van der Waals surface area contributed by atoms with E-state index < -0.39 is 29.2 Å². The lowest BCUT2D eigenvalue weighted by Crippen LogP contribution is -2.67. The third-order valence-electron chi connectivity index (χ3n) is 10.4. The van der Waals surface area contributed by atoms with Gasteiger partial charge in [-0.15, -0.1) is 0 Å². The molecule has 0 amide bonds. The van der Waals surface area contributed by atoms with E-state index in [9.17, 15) is 15.0 Å². The molecule has 0 unspecified atom stereocenters. The first kappa shape index (κ1) is 21.7. The Kier molecular flexibility index (Phi) is 4.65. The smallest absolute Gasteiger partial charge is 0.222 e. The minimum Gasteiger partial charge on any atom is -0.391 e. The topological polar surface area (TPSA) is 94.5 Å². The highest BCUT2D eigenvalue weighted by Crippen LogP contribution is 2.69. The van der Waals surface area contributed by atoms with Crippen LogP contribution in [-0.2, 0) is 23.7 Å². The largest absolute Gasteiger partial charge is 0.391 e. The van der Waals surface area contributed by atoms with Crippen LogP contribution >= 0.6 is 0 Å². The fourth-order valence-corrected chi connectivity index (χ4v) is 8.72. The van der Waals surface area contributed by atoms with Crippen LogP contribution in [-0.4, -0.2) is 66.2 Å². The van der Waals surface area contributed by atoms with E-state index in [4.69, 9.17) is 18.9 Å². The maximum Gasteiger partial charge on any atom is 0.222 e. The lowest BCUT2D eigenvalue weighted by Gasteiger charge is -2.60. The number of allylic oxidation sites excluding steroid dienone is 1. The SMILES string of the molecule is C[C@]12CCC3(CC1=CC[C@H]1[C@H]4CC[C@](O)(C5(CO)OCCO5)[C@@]4(C)CC(=O)[C@@H]12)OCCO3. The van der Waals surface area contributed by atoms with Crippen LogP contribution in [0.25, 0.3) is 0 Å². The third kappa shape index (κ3) is 2.50. The number of fused-ring (bicyclic) bond motifs is 5. The maximum atomic E-state index is 13.9. The van der Waals surface area contributed by atoms with Crippen molar-refractivity contribution < 1.29 is 34.0 Å². The quantitative estimate of drug-likeness (QED) is 0.626. The standard InChI is InChI=1S/C25H36O7/c1-21-7-8-23(29-9-10-30-23)13-16(21)3-4-17-18-5-6-24(28,25(15-26)31-11-12-32-25)22(18,2)14-19(27)20(17)21/h3,17-18,20,26,28H,4-15H2,1-2H3/t17-,18+,20+,21-,22-,24+/m0/s1. The third-order valence-corrected chi connectivity index (χ3v) is 10.4. The molecule has 1 spiro atoms. The van der Waals surface area contributed by atoms with Crippen LogP contribution in [0, 0.1) is 28.6 Å². The van der Waals surface area contributed by atoms with E-state index in [1.165, 1.54) is 5.57 Å². The normalized spacial score (nSPS) is 48.9. The van der Waals surface area contributed by atoms with Gasteiger partial charge in [-0.2, -0.15) is 0 Å². The Bertz CT molecular complexity index is 841. The van der Waals surface area contributed by atoms with Crippen molar-refractivity contribution in [3.8, 4) is 0 Å². The van der Waals surface area contributed by atoms with Gasteiger partial charge in [-0.1, -0.05) is 25.5 Å². The highest BCUT2D eigenvalue weighted by atomic mass is 16.8. The highest BCUT2D eigenvalue weighted by Gasteiger charge is 2.73. The number of carbonyl (C=O) groups excluding carboxylic acids is 1. The molecule has 5 fully saturated rings. The number of hydrogen-bond donors (Lipinski definition) is 2. The summed E-state index contributed by atoms with van der Waals surface area (Å²) in [6.45, 7) is 5.86. The van der Waals surface area contributed by atoms with Crippen molar-refractivity contribution >= 4 is 5.78 Å². The van der Waals surface area contributed by atoms with Gasteiger partial charge in [0.2, 0.25) is 5.79 Å². The Labute approximate surface area is 189 Å². The van der Waals surface area contributed by atoms with Crippen LogP contribution in [0.3, 0.4) is 0 Å². The molecular formula is C25H36O7. The molecule has 3 saturated carbocycles. The van der Waals surface area contributed by atoms with Crippen LogP contribution < -0.4 is 0 Å². The molecule has 6 atom stereocenters. The van der Waals surface area contributed by atoms with Gasteiger partial charge in [0.05, 0.1) is 26.4 Å². The molecule has 6 aliphatic rings. The van der Waals surface area contributed by atoms with Crippen LogP contribution in [0.5, 0.6) is 0 Å². The molecule has 2 aliphatic heterocycles. The number of ether oxygens (including phenoxy) is 4. The number of ketones is 1. The van der Waals surface area contributed by atoms with Crippen LogP contribution in [0.1, 0.15) is 58.8 Å². The zero-order valence-electron chi connectivity index (χ0n) is 19.2. The molecule has 2 saturated heterocycles. The summed E-state index contributed by atoms with van der Waals surface area (Å²) in [5.41, 5.74) is -0.944. The number of carbonyl (C=O) groups is 1. The van der Waals surface area contributed by atoms with Crippen molar-refractivity contribution in [3.05, 3.63) is 11.6 Å². The van der Waals surface area contributed by atoms with Crippen molar-refractivity contribution in [2.75, 3.05) is 33.0 Å². The van der Waals surface area contributed by atoms with E-state index in [-0.39, 0.29) is 29.0 Å². The first-order valence-electron chi connectivity index (χ1n) is 12.3. The fraction of sp³-hybridized carbons (Fsp3) is 0.880. The first-order valence-corrected chi connectivity index (χ1v) is 12.3. The number of aliphatic hydroxyl groups is 2. The minimum absolute atomic E-state index is 0.0443. The summed E-state index contributed by atoms with van der Waals surface area (Å²) in [7, 11) is 0. The fourth-order valence-electron chi connectivity index (χ4n) is 8.72. The zero-order chi connectivity index (χ0) is 22.4. The second kappa shape index (κ2) is 6.86. The Morgan fingerprint density at radius 1 is 1.00 bits per heavy atom. The van der Waals surface area contributed by atoms with Gasteiger partial charge in [-0.3, -0.25) is 4.79 Å². The van der Waals surface area contributed by atoms with Gasteiger partial charge in [0.1, 0.15) is 18.0 Å². The molecule has 0 bridgehead atoms. The molecule has 178 valence electrons. The zero-order valence-corrected chi connectivity index (χ0v) is 19.2.